The van der Waals surface area contributed by atoms with Crippen LogP contribution in [0.5, 0.6) is 0 Å². The number of benzene rings is 1. The fourth-order valence-corrected chi connectivity index (χ4v) is 1.13. The van der Waals surface area contributed by atoms with Crippen LogP contribution in [0.3, 0.4) is 0 Å². The van der Waals surface area contributed by atoms with Crippen molar-refractivity contribution in [2.75, 3.05) is 24.9 Å². The molecule has 1 aromatic rings. The van der Waals surface area contributed by atoms with E-state index in [1.165, 1.54) is 18.2 Å². The van der Waals surface area contributed by atoms with Crippen molar-refractivity contribution in [2.24, 2.45) is 0 Å². The Bertz CT molecular complexity index is 415. The van der Waals surface area contributed by atoms with Gasteiger partial charge < -0.3 is 20.9 Å². The fourth-order valence-electron chi connectivity index (χ4n) is 1.13. The third kappa shape index (κ3) is 4.91. The number of carbonyl (C=O) groups excluding carboxylic acids is 1. The second kappa shape index (κ2) is 5.58. The number of hydrogen-bond acceptors (Lipinski definition) is 5. The number of nitrogen functional groups attached to an aromatic ring is 2. The Morgan fingerprint density at radius 1 is 1.17 bits per heavy atom. The summed E-state index contributed by atoms with van der Waals surface area (Å²) in [6, 6.07) is 4.02. The minimum Gasteiger partial charge on any atom is -0.435 e. The van der Waals surface area contributed by atoms with Gasteiger partial charge in [0.25, 0.3) is 0 Å². The molecule has 0 aliphatic heterocycles. The van der Waals surface area contributed by atoms with Gasteiger partial charge in [0.15, 0.2) is 6.79 Å². The lowest BCUT2D eigenvalue weighted by molar-refractivity contribution is -0.190. The number of esters is 1. The van der Waals surface area contributed by atoms with Gasteiger partial charge in [0, 0.05) is 11.4 Å². The lowest BCUT2D eigenvalue weighted by Gasteiger charge is -2.09. The molecule has 0 atom stereocenters. The number of rotatable bonds is 4. The highest BCUT2D eigenvalue weighted by Crippen LogP contribution is 2.16. The van der Waals surface area contributed by atoms with Crippen molar-refractivity contribution in [3.63, 3.8) is 0 Å². The highest BCUT2D eigenvalue weighted by Gasteiger charge is 2.27. The molecule has 0 radical (unpaired) electrons. The van der Waals surface area contributed by atoms with Crippen LogP contribution in [0.2, 0.25) is 0 Å². The average molecular weight is 264 g/mol. The Kier molecular flexibility index (Phi) is 4.38. The van der Waals surface area contributed by atoms with Gasteiger partial charge in [-0.1, -0.05) is 0 Å². The second-order valence-electron chi connectivity index (χ2n) is 3.40. The second-order valence-corrected chi connectivity index (χ2v) is 3.40. The Hall–Kier alpha value is -1.96. The predicted octanol–water partition coefficient (Wildman–Crippen LogP) is 1.54. The first-order valence-corrected chi connectivity index (χ1v) is 4.75. The number of anilines is 2. The van der Waals surface area contributed by atoms with Crippen LogP contribution >= 0.6 is 0 Å². The topological polar surface area (TPSA) is 87.6 Å². The molecule has 100 valence electrons. The maximum atomic E-state index is 11.7. The number of nitrogens with two attached hydrogens (primary N) is 2. The fraction of sp³-hybridized carbons (Fsp3) is 0.300. The number of halogens is 3. The molecule has 1 aromatic carbocycles. The van der Waals surface area contributed by atoms with Gasteiger partial charge in [-0.25, -0.2) is 4.79 Å². The first-order chi connectivity index (χ1) is 8.28. The molecule has 0 saturated carbocycles. The van der Waals surface area contributed by atoms with Crippen LogP contribution < -0.4 is 11.5 Å². The molecule has 4 N–H and O–H groups in total. The molecule has 0 aliphatic rings. The van der Waals surface area contributed by atoms with Crippen molar-refractivity contribution < 1.29 is 27.4 Å². The number of carbonyl (C=O) groups is 1. The van der Waals surface area contributed by atoms with E-state index in [4.69, 9.17) is 11.5 Å². The summed E-state index contributed by atoms with van der Waals surface area (Å²) in [6.07, 6.45) is -4.46. The van der Waals surface area contributed by atoms with Crippen molar-refractivity contribution >= 4 is 17.3 Å². The maximum Gasteiger partial charge on any atom is 0.411 e. The Morgan fingerprint density at radius 2 is 1.72 bits per heavy atom. The summed E-state index contributed by atoms with van der Waals surface area (Å²) in [4.78, 5) is 11.4. The van der Waals surface area contributed by atoms with Crippen LogP contribution in [0.25, 0.3) is 0 Å². The van der Waals surface area contributed by atoms with Gasteiger partial charge in [0.2, 0.25) is 0 Å². The Labute approximate surface area is 100 Å². The van der Waals surface area contributed by atoms with Crippen LogP contribution in [0.15, 0.2) is 18.2 Å². The van der Waals surface area contributed by atoms with Gasteiger partial charge in [0.05, 0.1) is 5.56 Å². The van der Waals surface area contributed by atoms with Crippen LogP contribution in [0.4, 0.5) is 24.5 Å². The zero-order valence-electron chi connectivity index (χ0n) is 9.16. The predicted molar refractivity (Wildman–Crippen MR) is 57.6 cm³/mol. The third-order valence-electron chi connectivity index (χ3n) is 1.75. The Morgan fingerprint density at radius 3 is 2.22 bits per heavy atom. The normalized spacial score (nSPS) is 11.3. The molecule has 0 aliphatic carbocycles. The van der Waals surface area contributed by atoms with E-state index in [9.17, 15) is 18.0 Å². The summed E-state index contributed by atoms with van der Waals surface area (Å²) in [5, 5.41) is 0. The van der Waals surface area contributed by atoms with E-state index >= 15 is 0 Å². The van der Waals surface area contributed by atoms with Crippen molar-refractivity contribution in [2.45, 2.75) is 6.18 Å². The largest absolute Gasteiger partial charge is 0.435 e. The molecule has 0 saturated heterocycles. The van der Waals surface area contributed by atoms with Gasteiger partial charge in [-0.15, -0.1) is 0 Å². The van der Waals surface area contributed by atoms with E-state index in [1.54, 1.807) is 0 Å². The number of ether oxygens (including phenoxy) is 2. The van der Waals surface area contributed by atoms with Crippen molar-refractivity contribution in [3.8, 4) is 0 Å². The monoisotopic (exact) mass is 264 g/mol. The summed E-state index contributed by atoms with van der Waals surface area (Å²) in [7, 11) is 0. The zero-order valence-corrected chi connectivity index (χ0v) is 9.16. The van der Waals surface area contributed by atoms with E-state index in [2.05, 4.69) is 9.47 Å². The summed E-state index contributed by atoms with van der Waals surface area (Å²) in [5.74, 6) is -0.865. The van der Waals surface area contributed by atoms with Gasteiger partial charge >= 0.3 is 12.1 Å². The highest BCUT2D eigenvalue weighted by molar-refractivity contribution is 5.91. The SMILES string of the molecule is Nc1cc(N)cc(C(=O)OCOCC(F)(F)F)c1. The Balaban J connectivity index is 2.46. The van der Waals surface area contributed by atoms with Gasteiger partial charge in [-0.2, -0.15) is 13.2 Å². The lowest BCUT2D eigenvalue weighted by atomic mass is 10.2. The standard InChI is InChI=1S/C10H11F3N2O3/c11-10(12,13)4-17-5-18-9(16)6-1-7(14)3-8(15)2-6/h1-3H,4-5,14-15H2. The van der Waals surface area contributed by atoms with E-state index in [-0.39, 0.29) is 16.9 Å². The van der Waals surface area contributed by atoms with Crippen LogP contribution in [-0.4, -0.2) is 25.5 Å². The van der Waals surface area contributed by atoms with Crippen molar-refractivity contribution in [1.29, 1.82) is 0 Å². The molecule has 5 nitrogen and oxygen atoms in total. The van der Waals surface area contributed by atoms with Gasteiger partial charge in [-0.3, -0.25) is 0 Å². The first-order valence-electron chi connectivity index (χ1n) is 4.75. The van der Waals surface area contributed by atoms with Gasteiger partial charge in [-0.05, 0) is 18.2 Å². The highest BCUT2D eigenvalue weighted by atomic mass is 19.4. The third-order valence-corrected chi connectivity index (χ3v) is 1.75. The molecular formula is C10H11F3N2O3. The quantitative estimate of drug-likeness (QED) is 0.373. The van der Waals surface area contributed by atoms with E-state index in [0.717, 1.165) is 0 Å². The smallest absolute Gasteiger partial charge is 0.411 e. The molecule has 1 rings (SSSR count). The minimum absolute atomic E-state index is 0.0445. The van der Waals surface area contributed by atoms with Crippen molar-refractivity contribution in [3.05, 3.63) is 23.8 Å². The maximum absolute atomic E-state index is 11.7. The molecular weight excluding hydrogens is 253 g/mol. The lowest BCUT2D eigenvalue weighted by Crippen LogP contribution is -2.19. The molecule has 0 unspecified atom stereocenters. The zero-order chi connectivity index (χ0) is 13.8. The van der Waals surface area contributed by atoms with Gasteiger partial charge in [0.1, 0.15) is 6.61 Å². The molecule has 0 heterocycles. The molecule has 18 heavy (non-hydrogen) atoms. The summed E-state index contributed by atoms with van der Waals surface area (Å²) >= 11 is 0. The molecule has 0 aromatic heterocycles. The average Bonchev–Trinajstić information content (AvgIpc) is 2.21. The van der Waals surface area contributed by atoms with Crippen LogP contribution in [0, 0.1) is 0 Å². The van der Waals surface area contributed by atoms with E-state index in [1.807, 2.05) is 0 Å². The number of hydrogen-bond donors (Lipinski definition) is 2. The summed E-state index contributed by atoms with van der Waals surface area (Å²) < 4.78 is 43.7. The molecule has 0 bridgehead atoms. The summed E-state index contributed by atoms with van der Waals surface area (Å²) in [5.41, 5.74) is 11.4. The van der Waals surface area contributed by atoms with Crippen LogP contribution in [-0.2, 0) is 9.47 Å². The van der Waals surface area contributed by atoms with Crippen LogP contribution in [0.1, 0.15) is 10.4 Å². The number of alkyl halides is 3. The summed E-state index contributed by atoms with van der Waals surface area (Å²) in [6.45, 7) is -2.29. The molecule has 0 fully saturated rings. The van der Waals surface area contributed by atoms with E-state index < -0.39 is 25.5 Å². The molecule has 0 amide bonds. The molecule has 8 heteroatoms. The van der Waals surface area contributed by atoms with E-state index in [0.29, 0.717) is 0 Å². The van der Waals surface area contributed by atoms with Crippen molar-refractivity contribution in [1.82, 2.24) is 0 Å². The molecule has 0 spiro atoms. The first kappa shape index (κ1) is 14.1. The minimum atomic E-state index is -4.46.